The number of hydrogen-bond acceptors (Lipinski definition) is 3. The zero-order valence-corrected chi connectivity index (χ0v) is 33.5. The summed E-state index contributed by atoms with van der Waals surface area (Å²) < 4.78 is 12.4. The van der Waals surface area contributed by atoms with Gasteiger partial charge in [0.1, 0.15) is 22.9 Å². The molecule has 5 heteroatoms. The Bertz CT molecular complexity index is 2540. The van der Waals surface area contributed by atoms with Gasteiger partial charge in [0.25, 0.3) is 12.6 Å². The van der Waals surface area contributed by atoms with Gasteiger partial charge in [-0.15, -0.1) is 4.58 Å². The second-order valence-corrected chi connectivity index (χ2v) is 18.5. The van der Waals surface area contributed by atoms with Crippen molar-refractivity contribution in [1.82, 2.24) is 4.90 Å². The third kappa shape index (κ3) is 5.08. The fourth-order valence-corrected chi connectivity index (χ4v) is 11.3. The number of nitrogens with zero attached hydrogens (tertiary/aromatic N) is 4. The standard InChI is InChI=1S/C51H54N4O/c1-33-20-21-35-28-43-45(29-37(35)26-33)56-49-47(43)48-46-42-24-23-39(50(2,3)4)27-36(42)22-25-44(46)51(55(48)32-52-49)53(40-16-10-6-11-17-40)30-38(34-14-8-5-9-15-34)31-54(51)41-18-12-7-13-19-41/h5,8-9,14-15,20-32,40-41,47,49H,6-7,10-13,16-19H2,1-4H3/q+2. The lowest BCUT2D eigenvalue weighted by Crippen LogP contribution is -2.65. The van der Waals surface area contributed by atoms with E-state index in [-0.39, 0.29) is 17.6 Å². The van der Waals surface area contributed by atoms with Crippen LogP contribution in [0.15, 0.2) is 102 Å². The summed E-state index contributed by atoms with van der Waals surface area (Å²) in [6, 6.07) is 35.6. The van der Waals surface area contributed by atoms with Crippen molar-refractivity contribution in [1.29, 1.82) is 0 Å². The zero-order chi connectivity index (χ0) is 37.8. The van der Waals surface area contributed by atoms with E-state index in [2.05, 4.69) is 151 Å². The highest BCUT2D eigenvalue weighted by atomic mass is 16.5. The molecule has 0 radical (unpaired) electrons. The Morgan fingerprint density at radius 3 is 2.32 bits per heavy atom. The van der Waals surface area contributed by atoms with Crippen LogP contribution in [0, 0.1) is 6.92 Å². The maximum absolute atomic E-state index is 6.90. The maximum Gasteiger partial charge on any atom is 0.417 e. The molecule has 5 aromatic carbocycles. The second-order valence-electron chi connectivity index (χ2n) is 18.5. The molecule has 4 aliphatic heterocycles. The molecule has 5 aromatic rings. The topological polar surface area (TPSA) is 30.9 Å². The second kappa shape index (κ2) is 12.7. The molecule has 5 nitrogen and oxygen atoms in total. The van der Waals surface area contributed by atoms with Crippen molar-refractivity contribution >= 4 is 45.4 Å². The van der Waals surface area contributed by atoms with E-state index < -0.39 is 5.79 Å². The van der Waals surface area contributed by atoms with Gasteiger partial charge in [-0.25, -0.2) is 0 Å². The molecule has 0 saturated heterocycles. The van der Waals surface area contributed by atoms with Gasteiger partial charge in [0.15, 0.2) is 12.3 Å². The highest BCUT2D eigenvalue weighted by Gasteiger charge is 2.69. The molecule has 0 aromatic heterocycles. The zero-order valence-electron chi connectivity index (χ0n) is 33.5. The fourth-order valence-electron chi connectivity index (χ4n) is 11.3. The molecule has 282 valence electrons. The molecule has 0 amide bonds. The number of ether oxygens (including phenoxy) is 1. The lowest BCUT2D eigenvalue weighted by Gasteiger charge is -2.46. The first-order chi connectivity index (χ1) is 27.3. The average molecular weight is 739 g/mol. The molecule has 3 atom stereocenters. The summed E-state index contributed by atoms with van der Waals surface area (Å²) in [4.78, 5) is 8.27. The van der Waals surface area contributed by atoms with Crippen molar-refractivity contribution < 1.29 is 13.9 Å². The van der Waals surface area contributed by atoms with E-state index in [9.17, 15) is 0 Å². The normalized spacial score (nSPS) is 24.9. The third-order valence-electron chi connectivity index (χ3n) is 14.0. The molecule has 0 N–H and O–H groups in total. The largest absolute Gasteiger partial charge is 0.447 e. The summed E-state index contributed by atoms with van der Waals surface area (Å²) in [7, 11) is 0. The molecule has 2 saturated carbocycles. The van der Waals surface area contributed by atoms with Gasteiger partial charge in [0, 0.05) is 36.2 Å². The van der Waals surface area contributed by atoms with E-state index in [1.807, 2.05) is 0 Å². The van der Waals surface area contributed by atoms with Crippen molar-refractivity contribution in [2.75, 3.05) is 0 Å². The predicted molar refractivity (Wildman–Crippen MR) is 229 cm³/mol. The van der Waals surface area contributed by atoms with Crippen molar-refractivity contribution in [2.24, 2.45) is 4.99 Å². The van der Waals surface area contributed by atoms with Gasteiger partial charge in [-0.3, -0.25) is 4.90 Å². The van der Waals surface area contributed by atoms with Crippen molar-refractivity contribution in [3.63, 3.8) is 0 Å². The number of rotatable bonds is 3. The van der Waals surface area contributed by atoms with E-state index in [1.54, 1.807) is 0 Å². The van der Waals surface area contributed by atoms with Crippen molar-refractivity contribution in [2.45, 2.75) is 127 Å². The van der Waals surface area contributed by atoms with E-state index in [0.29, 0.717) is 12.1 Å². The third-order valence-corrected chi connectivity index (χ3v) is 14.0. The molecule has 4 heterocycles. The lowest BCUT2D eigenvalue weighted by molar-refractivity contribution is -0.840. The van der Waals surface area contributed by atoms with Crippen LogP contribution in [0.1, 0.15) is 124 Å². The first-order valence-electron chi connectivity index (χ1n) is 21.5. The van der Waals surface area contributed by atoms with Gasteiger partial charge in [0.2, 0.25) is 0 Å². The maximum atomic E-state index is 6.90. The van der Waals surface area contributed by atoms with E-state index in [1.165, 1.54) is 130 Å². The molecule has 0 bridgehead atoms. The molecule has 2 fully saturated rings. The molecule has 11 rings (SSSR count). The van der Waals surface area contributed by atoms with Crippen molar-refractivity contribution in [3.8, 4) is 5.75 Å². The Morgan fingerprint density at radius 1 is 0.768 bits per heavy atom. The quantitative estimate of drug-likeness (QED) is 0.173. The summed E-state index contributed by atoms with van der Waals surface area (Å²) in [5.74, 6) is 0.333. The van der Waals surface area contributed by atoms with E-state index in [0.717, 1.165) is 5.75 Å². The SMILES string of the molecule is Cc1ccc2cc3c(cc2c1)OC1N=C[N+]2=C(c4c(ccc5cc(C(C)(C)C)ccc45)C24N(C2CCCCC2)C=C(c2ccccc2)C=[N+]4C2CCCCC2)C31. The molecular formula is C51H54N4O+2. The molecule has 1 spiro atoms. The number of aliphatic imine (C=N–C) groups is 1. The molecule has 2 aliphatic carbocycles. The van der Waals surface area contributed by atoms with Crippen LogP contribution in [0.3, 0.4) is 0 Å². The minimum absolute atomic E-state index is 0.0346. The first-order valence-corrected chi connectivity index (χ1v) is 21.5. The summed E-state index contributed by atoms with van der Waals surface area (Å²) in [5, 5.41) is 5.12. The highest BCUT2D eigenvalue weighted by Crippen LogP contribution is 2.54. The average Bonchev–Trinajstić information content (AvgIpc) is 3.73. The van der Waals surface area contributed by atoms with Crippen LogP contribution in [0.2, 0.25) is 0 Å². The van der Waals surface area contributed by atoms with Gasteiger partial charge in [-0.05, 0) is 93.9 Å². The van der Waals surface area contributed by atoms with Crippen molar-refractivity contribution in [3.05, 3.63) is 131 Å². The van der Waals surface area contributed by atoms with Crippen LogP contribution >= 0.6 is 0 Å². The number of hydrogen-bond donors (Lipinski definition) is 0. The van der Waals surface area contributed by atoms with Crippen LogP contribution in [0.5, 0.6) is 5.75 Å². The Balaban J connectivity index is 1.24. The smallest absolute Gasteiger partial charge is 0.417 e. The number of benzene rings is 5. The van der Waals surface area contributed by atoms with Gasteiger partial charge >= 0.3 is 5.79 Å². The minimum Gasteiger partial charge on any atom is -0.447 e. The lowest BCUT2D eigenvalue weighted by atomic mass is 9.81. The number of allylic oxidation sites excluding steroid dienone is 1. The predicted octanol–water partition coefficient (Wildman–Crippen LogP) is 11.2. The Labute approximate surface area is 331 Å². The van der Waals surface area contributed by atoms with Crippen LogP contribution in [-0.2, 0) is 11.2 Å². The van der Waals surface area contributed by atoms with Crippen LogP contribution in [-0.4, -0.2) is 50.6 Å². The number of aryl methyl sites for hydroxylation is 1. The highest BCUT2D eigenvalue weighted by molar-refractivity contribution is 6.17. The molecule has 6 aliphatic rings. The summed E-state index contributed by atoms with van der Waals surface area (Å²) in [5.41, 5.74) is 10.6. The van der Waals surface area contributed by atoms with Gasteiger partial charge in [0.05, 0.1) is 5.57 Å². The minimum atomic E-state index is -0.602. The molecule has 56 heavy (non-hydrogen) atoms. The van der Waals surface area contributed by atoms with Gasteiger partial charge in [-0.2, -0.15) is 4.58 Å². The Morgan fingerprint density at radius 2 is 1.54 bits per heavy atom. The fraction of sp³-hybridized carbons (Fsp3) is 0.392. The summed E-state index contributed by atoms with van der Waals surface area (Å²) in [6.45, 7) is 9.15. The Hall–Kier alpha value is -5.03. The van der Waals surface area contributed by atoms with Gasteiger partial charge < -0.3 is 4.74 Å². The monoisotopic (exact) mass is 738 g/mol. The first kappa shape index (κ1) is 34.2. The number of fused-ring (bicyclic) bond motifs is 11. The van der Waals surface area contributed by atoms with Crippen LogP contribution < -0.4 is 4.74 Å². The van der Waals surface area contributed by atoms with Gasteiger partial charge in [-0.1, -0.05) is 125 Å². The molecule has 3 unspecified atom stereocenters. The van der Waals surface area contributed by atoms with Crippen LogP contribution in [0.4, 0.5) is 0 Å². The Kier molecular flexibility index (Phi) is 7.79. The summed E-state index contributed by atoms with van der Waals surface area (Å²) >= 11 is 0. The van der Waals surface area contributed by atoms with Crippen LogP contribution in [0.25, 0.3) is 27.1 Å². The van der Waals surface area contributed by atoms with E-state index in [4.69, 9.17) is 9.73 Å². The van der Waals surface area contributed by atoms with E-state index >= 15 is 0 Å². The summed E-state index contributed by atoms with van der Waals surface area (Å²) in [6.07, 6.45) is 19.5. The molecular weight excluding hydrogens is 685 g/mol.